The van der Waals surface area contributed by atoms with Crippen LogP contribution in [0.15, 0.2) is 47.6 Å². The number of rotatable bonds is 5. The zero-order valence-corrected chi connectivity index (χ0v) is 12.6. The van der Waals surface area contributed by atoms with Crippen molar-refractivity contribution in [2.75, 3.05) is 11.9 Å². The molecule has 1 N–H and O–H groups in total. The molecule has 0 bridgehead atoms. The minimum atomic E-state index is -0.490. The Balaban J connectivity index is 1.81. The van der Waals surface area contributed by atoms with Gasteiger partial charge in [-0.25, -0.2) is 4.39 Å². The Bertz CT molecular complexity index is 687. The molecule has 0 saturated heterocycles. The first-order chi connectivity index (χ1) is 10.5. The van der Waals surface area contributed by atoms with Gasteiger partial charge >= 0.3 is 0 Å². The molecular weight excluding hydrogens is 307 g/mol. The maximum absolute atomic E-state index is 13.6. The molecule has 2 aromatic carbocycles. The Labute approximate surface area is 132 Å². The van der Waals surface area contributed by atoms with Crippen LogP contribution in [0.5, 0.6) is 0 Å². The molecule has 0 heterocycles. The lowest BCUT2D eigenvalue weighted by Gasteiger charge is -2.06. The highest BCUT2D eigenvalue weighted by Crippen LogP contribution is 2.15. The average molecular weight is 321 g/mol. The van der Waals surface area contributed by atoms with Crippen LogP contribution in [-0.4, -0.2) is 18.7 Å². The van der Waals surface area contributed by atoms with Crippen molar-refractivity contribution in [2.24, 2.45) is 5.16 Å². The highest BCUT2D eigenvalue weighted by atomic mass is 35.5. The maximum atomic E-state index is 13.6. The van der Waals surface area contributed by atoms with Gasteiger partial charge in [0.1, 0.15) is 5.82 Å². The van der Waals surface area contributed by atoms with E-state index in [-0.39, 0.29) is 12.3 Å². The molecule has 22 heavy (non-hydrogen) atoms. The van der Waals surface area contributed by atoms with E-state index in [0.29, 0.717) is 5.02 Å². The lowest BCUT2D eigenvalue weighted by atomic mass is 10.2. The number of nitrogens with zero attached hydrogens (tertiary/aromatic N) is 1. The first kappa shape index (κ1) is 16.0. The number of hydrogen-bond acceptors (Lipinski definition) is 3. The summed E-state index contributed by atoms with van der Waals surface area (Å²) in [5, 5.41) is 6.70. The molecule has 0 fully saturated rings. The number of amides is 1. The van der Waals surface area contributed by atoms with E-state index in [1.807, 2.05) is 0 Å². The van der Waals surface area contributed by atoms with Gasteiger partial charge in [-0.05, 0) is 42.3 Å². The predicted molar refractivity (Wildman–Crippen MR) is 84.8 cm³/mol. The summed E-state index contributed by atoms with van der Waals surface area (Å²) >= 11 is 5.75. The Kier molecular flexibility index (Phi) is 5.49. The summed E-state index contributed by atoms with van der Waals surface area (Å²) in [6.07, 6.45) is 1.45. The average Bonchev–Trinajstić information content (AvgIpc) is 2.48. The second kappa shape index (κ2) is 7.56. The summed E-state index contributed by atoms with van der Waals surface area (Å²) in [5.74, 6) is -0.978. The van der Waals surface area contributed by atoms with E-state index < -0.39 is 11.7 Å². The van der Waals surface area contributed by atoms with Gasteiger partial charge in [0, 0.05) is 5.02 Å². The number of anilines is 1. The third-order valence-corrected chi connectivity index (χ3v) is 2.99. The first-order valence-electron chi connectivity index (χ1n) is 6.51. The molecule has 4 nitrogen and oxygen atoms in total. The van der Waals surface area contributed by atoms with Crippen molar-refractivity contribution in [3.8, 4) is 0 Å². The smallest absolute Gasteiger partial charge is 0.265 e. The van der Waals surface area contributed by atoms with Crippen molar-refractivity contribution in [3.05, 3.63) is 64.4 Å². The zero-order chi connectivity index (χ0) is 15.9. The van der Waals surface area contributed by atoms with Crippen LogP contribution in [0.1, 0.15) is 11.1 Å². The molecule has 6 heteroatoms. The van der Waals surface area contributed by atoms with Crippen molar-refractivity contribution in [1.82, 2.24) is 0 Å². The number of benzene rings is 2. The van der Waals surface area contributed by atoms with Crippen LogP contribution in [0.4, 0.5) is 10.1 Å². The molecule has 0 saturated carbocycles. The van der Waals surface area contributed by atoms with Crippen LogP contribution < -0.4 is 5.32 Å². The number of carbonyl (C=O) groups excluding carboxylic acids is 1. The van der Waals surface area contributed by atoms with Crippen LogP contribution in [0.3, 0.4) is 0 Å². The van der Waals surface area contributed by atoms with Gasteiger partial charge in [0.05, 0.1) is 11.9 Å². The lowest BCUT2D eigenvalue weighted by molar-refractivity contribution is -0.120. The second-order valence-electron chi connectivity index (χ2n) is 4.59. The SMILES string of the molecule is Cc1ccc(NC(=O)CO/N=C/c2ccc(Cl)cc2)c(F)c1. The van der Waals surface area contributed by atoms with E-state index in [4.69, 9.17) is 16.4 Å². The van der Waals surface area contributed by atoms with Crippen LogP contribution in [0.25, 0.3) is 0 Å². The van der Waals surface area contributed by atoms with Crippen LogP contribution in [0, 0.1) is 12.7 Å². The Morgan fingerprint density at radius 2 is 2.05 bits per heavy atom. The zero-order valence-electron chi connectivity index (χ0n) is 11.8. The molecule has 0 unspecified atom stereocenters. The third-order valence-electron chi connectivity index (χ3n) is 2.74. The Morgan fingerprint density at radius 1 is 1.32 bits per heavy atom. The lowest BCUT2D eigenvalue weighted by Crippen LogP contribution is -2.17. The topological polar surface area (TPSA) is 50.7 Å². The molecule has 114 valence electrons. The Hall–Kier alpha value is -2.40. The van der Waals surface area contributed by atoms with Gasteiger partial charge in [-0.15, -0.1) is 0 Å². The summed E-state index contributed by atoms with van der Waals surface area (Å²) in [4.78, 5) is 16.5. The van der Waals surface area contributed by atoms with Crippen molar-refractivity contribution >= 4 is 29.4 Å². The van der Waals surface area contributed by atoms with E-state index in [0.717, 1.165) is 11.1 Å². The van der Waals surface area contributed by atoms with Crippen molar-refractivity contribution in [1.29, 1.82) is 0 Å². The van der Waals surface area contributed by atoms with Gasteiger partial charge in [-0.2, -0.15) is 0 Å². The fraction of sp³-hybridized carbons (Fsp3) is 0.125. The number of oxime groups is 1. The fourth-order valence-corrected chi connectivity index (χ4v) is 1.78. The predicted octanol–water partition coefficient (Wildman–Crippen LogP) is 3.78. The standard InChI is InChI=1S/C16H14ClFN2O2/c1-11-2-7-15(14(18)8-11)20-16(21)10-22-19-9-12-3-5-13(17)6-4-12/h2-9H,10H2,1H3,(H,20,21)/b19-9+. The molecule has 0 aliphatic carbocycles. The molecule has 1 amide bonds. The molecule has 0 spiro atoms. The van der Waals surface area contributed by atoms with Crippen molar-refractivity contribution in [3.63, 3.8) is 0 Å². The molecule has 0 aliphatic heterocycles. The van der Waals surface area contributed by atoms with E-state index in [9.17, 15) is 9.18 Å². The van der Waals surface area contributed by atoms with Gasteiger partial charge < -0.3 is 10.2 Å². The number of carbonyl (C=O) groups is 1. The number of nitrogens with one attached hydrogen (secondary N) is 1. The summed E-state index contributed by atoms with van der Waals surface area (Å²) in [6.45, 7) is 1.46. The molecule has 0 atom stereocenters. The highest BCUT2D eigenvalue weighted by Gasteiger charge is 2.07. The van der Waals surface area contributed by atoms with Crippen LogP contribution in [0.2, 0.25) is 5.02 Å². The van der Waals surface area contributed by atoms with Crippen molar-refractivity contribution < 1.29 is 14.0 Å². The highest BCUT2D eigenvalue weighted by molar-refractivity contribution is 6.30. The molecular formula is C16H14ClFN2O2. The number of halogens is 2. The molecule has 0 radical (unpaired) electrons. The quantitative estimate of drug-likeness (QED) is 0.673. The van der Waals surface area contributed by atoms with Gasteiger partial charge in [0.25, 0.3) is 5.91 Å². The summed E-state index contributed by atoms with van der Waals surface area (Å²) in [7, 11) is 0. The Morgan fingerprint density at radius 3 is 2.73 bits per heavy atom. The molecule has 0 aromatic heterocycles. The van der Waals surface area contributed by atoms with Gasteiger partial charge in [-0.3, -0.25) is 4.79 Å². The van der Waals surface area contributed by atoms with Crippen LogP contribution >= 0.6 is 11.6 Å². The fourth-order valence-electron chi connectivity index (χ4n) is 1.65. The van der Waals surface area contributed by atoms with E-state index in [1.54, 1.807) is 37.3 Å². The first-order valence-corrected chi connectivity index (χ1v) is 6.89. The van der Waals surface area contributed by atoms with Gasteiger partial charge in [0.15, 0.2) is 6.61 Å². The minimum absolute atomic E-state index is 0.112. The summed E-state index contributed by atoms with van der Waals surface area (Å²) in [5.41, 5.74) is 1.68. The van der Waals surface area contributed by atoms with E-state index in [1.165, 1.54) is 18.3 Å². The maximum Gasteiger partial charge on any atom is 0.265 e. The molecule has 2 aromatic rings. The molecule has 2 rings (SSSR count). The molecule has 0 aliphatic rings. The minimum Gasteiger partial charge on any atom is -0.386 e. The van der Waals surface area contributed by atoms with Crippen LogP contribution in [-0.2, 0) is 9.63 Å². The summed E-state index contributed by atoms with van der Waals surface area (Å²) < 4.78 is 13.6. The van der Waals surface area contributed by atoms with Gasteiger partial charge in [0.2, 0.25) is 0 Å². The summed E-state index contributed by atoms with van der Waals surface area (Å²) in [6, 6.07) is 11.5. The third kappa shape index (κ3) is 4.86. The number of hydrogen-bond donors (Lipinski definition) is 1. The second-order valence-corrected chi connectivity index (χ2v) is 5.03. The van der Waals surface area contributed by atoms with E-state index >= 15 is 0 Å². The normalized spacial score (nSPS) is 10.7. The van der Waals surface area contributed by atoms with Crippen molar-refractivity contribution in [2.45, 2.75) is 6.92 Å². The van der Waals surface area contributed by atoms with Gasteiger partial charge in [-0.1, -0.05) is 35.0 Å². The monoisotopic (exact) mass is 320 g/mol. The largest absolute Gasteiger partial charge is 0.386 e. The van der Waals surface area contributed by atoms with E-state index in [2.05, 4.69) is 10.5 Å². The number of aryl methyl sites for hydroxylation is 1.